The van der Waals surface area contributed by atoms with Crippen LogP contribution in [0.1, 0.15) is 0 Å². The second kappa shape index (κ2) is 5.36. The van der Waals surface area contributed by atoms with Crippen molar-refractivity contribution in [3.63, 3.8) is 0 Å². The summed E-state index contributed by atoms with van der Waals surface area (Å²) in [7, 11) is 0. The predicted molar refractivity (Wildman–Crippen MR) is 106 cm³/mol. The molecule has 3 heteroatoms. The molecule has 0 unspecified atom stereocenters. The van der Waals surface area contributed by atoms with Gasteiger partial charge in [0.2, 0.25) is 0 Å². The van der Waals surface area contributed by atoms with Crippen LogP contribution >= 0.6 is 15.9 Å². The molecule has 0 saturated carbocycles. The maximum absolute atomic E-state index is 10.5. The zero-order valence-electron chi connectivity index (χ0n) is 13.2. The minimum Gasteiger partial charge on any atom is -0.507 e. The van der Waals surface area contributed by atoms with E-state index in [0.29, 0.717) is 0 Å². The van der Waals surface area contributed by atoms with E-state index in [1.165, 1.54) is 0 Å². The van der Waals surface area contributed by atoms with E-state index < -0.39 is 0 Å². The van der Waals surface area contributed by atoms with Crippen LogP contribution in [0.5, 0.6) is 5.75 Å². The molecule has 0 saturated heterocycles. The van der Waals surface area contributed by atoms with Gasteiger partial charge in [-0.05, 0) is 33.4 Å². The summed E-state index contributed by atoms with van der Waals surface area (Å²) in [5, 5.41) is 14.7. The van der Waals surface area contributed by atoms with Gasteiger partial charge in [-0.1, -0.05) is 60.7 Å². The molecular weight excluding hydrogens is 376 g/mol. The van der Waals surface area contributed by atoms with Crippen LogP contribution in [0.3, 0.4) is 0 Å². The number of furan rings is 1. The second-order valence-electron chi connectivity index (χ2n) is 6.05. The molecule has 2 nitrogen and oxygen atoms in total. The SMILES string of the molecule is Oc1ccccc1-c1c2ccccc2c(Br)c2oc3ccccc3c12. The highest BCUT2D eigenvalue weighted by atomic mass is 79.9. The van der Waals surface area contributed by atoms with Crippen LogP contribution in [0.25, 0.3) is 43.8 Å². The molecule has 0 aliphatic heterocycles. The molecule has 0 bridgehead atoms. The smallest absolute Gasteiger partial charge is 0.150 e. The maximum Gasteiger partial charge on any atom is 0.150 e. The minimum atomic E-state index is 0.265. The van der Waals surface area contributed by atoms with Crippen LogP contribution in [0.15, 0.2) is 81.7 Å². The molecule has 1 heterocycles. The van der Waals surface area contributed by atoms with E-state index in [-0.39, 0.29) is 5.75 Å². The van der Waals surface area contributed by atoms with E-state index in [4.69, 9.17) is 4.42 Å². The van der Waals surface area contributed by atoms with Crippen molar-refractivity contribution >= 4 is 48.6 Å². The van der Waals surface area contributed by atoms with Crippen LogP contribution < -0.4 is 0 Å². The molecule has 0 aliphatic rings. The van der Waals surface area contributed by atoms with Crippen molar-refractivity contribution in [2.75, 3.05) is 0 Å². The number of fused-ring (bicyclic) bond motifs is 4. The fourth-order valence-electron chi connectivity index (χ4n) is 3.56. The monoisotopic (exact) mass is 388 g/mol. The van der Waals surface area contributed by atoms with Crippen molar-refractivity contribution in [3.05, 3.63) is 77.3 Å². The third-order valence-electron chi connectivity index (χ3n) is 4.65. The van der Waals surface area contributed by atoms with Crippen molar-refractivity contribution in [1.29, 1.82) is 0 Å². The maximum atomic E-state index is 10.5. The van der Waals surface area contributed by atoms with Gasteiger partial charge in [0.25, 0.3) is 0 Å². The number of benzene rings is 4. The van der Waals surface area contributed by atoms with Crippen LogP contribution in [-0.2, 0) is 0 Å². The van der Waals surface area contributed by atoms with Gasteiger partial charge in [-0.25, -0.2) is 0 Å². The fourth-order valence-corrected chi connectivity index (χ4v) is 4.19. The van der Waals surface area contributed by atoms with Crippen molar-refractivity contribution in [2.24, 2.45) is 0 Å². The molecule has 1 N–H and O–H groups in total. The summed E-state index contributed by atoms with van der Waals surface area (Å²) >= 11 is 3.73. The van der Waals surface area contributed by atoms with Crippen LogP contribution in [0, 0.1) is 0 Å². The Morgan fingerprint density at radius 2 is 1.36 bits per heavy atom. The molecule has 0 amide bonds. The van der Waals surface area contributed by atoms with Crippen molar-refractivity contribution in [1.82, 2.24) is 0 Å². The predicted octanol–water partition coefficient (Wildman–Crippen LogP) is 6.87. The molecule has 0 fully saturated rings. The minimum absolute atomic E-state index is 0.265. The van der Waals surface area contributed by atoms with Gasteiger partial charge in [-0.3, -0.25) is 0 Å². The number of aromatic hydroxyl groups is 1. The average molecular weight is 389 g/mol. The quantitative estimate of drug-likeness (QED) is 0.339. The largest absolute Gasteiger partial charge is 0.507 e. The summed E-state index contributed by atoms with van der Waals surface area (Å²) < 4.78 is 7.10. The first-order valence-corrected chi connectivity index (χ1v) is 8.85. The van der Waals surface area contributed by atoms with E-state index in [2.05, 4.69) is 34.1 Å². The standard InChI is InChI=1S/C22H13BrO2/c23-21-14-8-2-1-7-13(14)19(15-9-3-5-11-17(15)24)20-16-10-4-6-12-18(16)25-22(20)21/h1-12,24H. The normalized spacial score (nSPS) is 11.6. The number of halogens is 1. The molecule has 0 spiro atoms. The third kappa shape index (κ3) is 2.02. The molecule has 0 radical (unpaired) electrons. The van der Waals surface area contributed by atoms with Crippen molar-refractivity contribution in [2.45, 2.75) is 0 Å². The lowest BCUT2D eigenvalue weighted by Crippen LogP contribution is -1.86. The topological polar surface area (TPSA) is 33.4 Å². The Kier molecular flexibility index (Phi) is 3.12. The van der Waals surface area contributed by atoms with Gasteiger partial charge in [0.15, 0.2) is 5.58 Å². The first-order chi connectivity index (χ1) is 12.3. The molecule has 4 aromatic carbocycles. The fraction of sp³-hybridized carbons (Fsp3) is 0. The van der Waals surface area contributed by atoms with E-state index in [0.717, 1.165) is 48.3 Å². The Hall–Kier alpha value is -2.78. The number of hydrogen-bond acceptors (Lipinski definition) is 2. The summed E-state index contributed by atoms with van der Waals surface area (Å²) in [6, 6.07) is 23.7. The Bertz CT molecular complexity index is 1270. The number of hydrogen-bond donors (Lipinski definition) is 1. The first kappa shape index (κ1) is 14.6. The summed E-state index contributed by atoms with van der Waals surface area (Å²) in [4.78, 5) is 0. The van der Waals surface area contributed by atoms with Crippen LogP contribution in [-0.4, -0.2) is 5.11 Å². The lowest BCUT2D eigenvalue weighted by Gasteiger charge is -2.12. The van der Waals surface area contributed by atoms with Gasteiger partial charge in [-0.15, -0.1) is 0 Å². The number of rotatable bonds is 1. The van der Waals surface area contributed by atoms with Gasteiger partial charge in [0.05, 0.1) is 4.47 Å². The summed E-state index contributed by atoms with van der Waals surface area (Å²) in [5.41, 5.74) is 3.45. The Morgan fingerprint density at radius 3 is 2.16 bits per heavy atom. The highest BCUT2D eigenvalue weighted by molar-refractivity contribution is 9.10. The van der Waals surface area contributed by atoms with Gasteiger partial charge >= 0.3 is 0 Å². The van der Waals surface area contributed by atoms with Crippen LogP contribution in [0.4, 0.5) is 0 Å². The van der Waals surface area contributed by atoms with Crippen molar-refractivity contribution in [3.8, 4) is 16.9 Å². The molecule has 5 aromatic rings. The summed E-state index contributed by atoms with van der Waals surface area (Å²) in [6.07, 6.45) is 0. The number of phenols is 1. The van der Waals surface area contributed by atoms with E-state index >= 15 is 0 Å². The van der Waals surface area contributed by atoms with Gasteiger partial charge < -0.3 is 9.52 Å². The lowest BCUT2D eigenvalue weighted by molar-refractivity contribution is 0.477. The molecule has 0 atom stereocenters. The Labute approximate surface area is 152 Å². The third-order valence-corrected chi connectivity index (χ3v) is 5.44. The highest BCUT2D eigenvalue weighted by Gasteiger charge is 2.20. The number of phenolic OH excluding ortho intramolecular Hbond substituents is 1. The molecule has 1 aromatic heterocycles. The molecule has 120 valence electrons. The van der Waals surface area contributed by atoms with Gasteiger partial charge in [0, 0.05) is 27.3 Å². The summed E-state index contributed by atoms with van der Waals surface area (Å²) in [5.74, 6) is 0.265. The first-order valence-electron chi connectivity index (χ1n) is 8.05. The van der Waals surface area contributed by atoms with E-state index in [1.54, 1.807) is 6.07 Å². The average Bonchev–Trinajstić information content (AvgIpc) is 3.03. The zero-order chi connectivity index (χ0) is 17.0. The van der Waals surface area contributed by atoms with Crippen LogP contribution in [0.2, 0.25) is 0 Å². The molecule has 25 heavy (non-hydrogen) atoms. The van der Waals surface area contributed by atoms with E-state index in [9.17, 15) is 5.11 Å². The lowest BCUT2D eigenvalue weighted by atomic mass is 9.93. The summed E-state index contributed by atoms with van der Waals surface area (Å²) in [6.45, 7) is 0. The molecule has 5 rings (SSSR count). The van der Waals surface area contributed by atoms with Gasteiger partial charge in [-0.2, -0.15) is 0 Å². The second-order valence-corrected chi connectivity index (χ2v) is 6.85. The van der Waals surface area contributed by atoms with Crippen molar-refractivity contribution < 1.29 is 9.52 Å². The highest BCUT2D eigenvalue weighted by Crippen LogP contribution is 2.47. The van der Waals surface area contributed by atoms with Gasteiger partial charge in [0.1, 0.15) is 11.3 Å². The molecule has 0 aliphatic carbocycles. The Morgan fingerprint density at radius 1 is 0.720 bits per heavy atom. The van der Waals surface area contributed by atoms with E-state index in [1.807, 2.05) is 48.5 Å². The zero-order valence-corrected chi connectivity index (χ0v) is 14.7. The Balaban J connectivity index is 2.13. The molecular formula is C22H13BrO2. The number of para-hydroxylation sites is 2.